The van der Waals surface area contributed by atoms with Gasteiger partial charge in [-0.15, -0.1) is 0 Å². The summed E-state index contributed by atoms with van der Waals surface area (Å²) in [6.45, 7) is 3.86. The number of rotatable bonds is 4. The van der Waals surface area contributed by atoms with Crippen LogP contribution >= 0.6 is 0 Å². The highest BCUT2D eigenvalue weighted by Crippen LogP contribution is 2.70. The maximum absolute atomic E-state index is 15.2. The monoisotopic (exact) mass is 742 g/mol. The average Bonchev–Trinajstić information content (AvgIpc) is 3.65. The standard InChI is InChI=1S/C31H19F17N2/c1-7(12-21(36)17(32)9(3)18(33)22(12)37)15-16(28(15,6)11(5)14-23(38)19(34)10(4)20(35)24(14)39)8(2)13-25(29(40,41)42)49-27(31(46,47)48)50-26(13)30(43,44)45/h11H,1-6H3/b15-7?,16-8-. The first kappa shape index (κ1) is 38.6. The van der Waals surface area contributed by atoms with Gasteiger partial charge in [0.05, 0.1) is 5.56 Å². The lowest BCUT2D eigenvalue weighted by Gasteiger charge is -2.23. The molecule has 272 valence electrons. The molecule has 50 heavy (non-hydrogen) atoms. The van der Waals surface area contributed by atoms with Crippen molar-refractivity contribution in [2.24, 2.45) is 5.41 Å². The van der Waals surface area contributed by atoms with E-state index < -0.39 is 144 Å². The Hall–Kier alpha value is -4.19. The van der Waals surface area contributed by atoms with Crippen molar-refractivity contribution in [3.8, 4) is 0 Å². The molecule has 2 aromatic carbocycles. The van der Waals surface area contributed by atoms with Gasteiger partial charge in [-0.2, -0.15) is 39.5 Å². The summed E-state index contributed by atoms with van der Waals surface area (Å²) in [4.78, 5) is 4.54. The van der Waals surface area contributed by atoms with Crippen LogP contribution in [-0.2, 0) is 18.5 Å². The highest BCUT2D eigenvalue weighted by Gasteiger charge is 2.60. The van der Waals surface area contributed by atoms with Crippen LogP contribution in [0.25, 0.3) is 11.1 Å². The third kappa shape index (κ3) is 5.78. The van der Waals surface area contributed by atoms with Crippen molar-refractivity contribution in [2.75, 3.05) is 0 Å². The topological polar surface area (TPSA) is 25.8 Å². The third-order valence-corrected chi connectivity index (χ3v) is 8.72. The smallest absolute Gasteiger partial charge is 0.219 e. The number of benzene rings is 2. The number of allylic oxidation sites excluding steroid dienone is 4. The quantitative estimate of drug-likeness (QED) is 0.197. The lowest BCUT2D eigenvalue weighted by molar-refractivity contribution is -0.159. The molecule has 2 nitrogen and oxygen atoms in total. The summed E-state index contributed by atoms with van der Waals surface area (Å²) in [7, 11) is 0. The maximum atomic E-state index is 15.2. The lowest BCUT2D eigenvalue weighted by Crippen LogP contribution is -2.25. The molecule has 2 unspecified atom stereocenters. The molecule has 1 aromatic heterocycles. The third-order valence-electron chi connectivity index (χ3n) is 8.72. The molecule has 0 saturated heterocycles. The number of halogens is 17. The summed E-state index contributed by atoms with van der Waals surface area (Å²) in [5.41, 5.74) is -19.9. The van der Waals surface area contributed by atoms with E-state index in [0.717, 1.165) is 13.8 Å². The van der Waals surface area contributed by atoms with Crippen molar-refractivity contribution in [3.05, 3.63) is 103 Å². The Labute approximate surface area is 270 Å². The zero-order valence-corrected chi connectivity index (χ0v) is 25.9. The Balaban J connectivity index is 2.27. The molecule has 0 bridgehead atoms. The van der Waals surface area contributed by atoms with Crippen LogP contribution in [0.3, 0.4) is 0 Å². The van der Waals surface area contributed by atoms with Crippen LogP contribution in [0, 0.1) is 65.8 Å². The van der Waals surface area contributed by atoms with Crippen LogP contribution < -0.4 is 0 Å². The van der Waals surface area contributed by atoms with Gasteiger partial charge in [-0.3, -0.25) is 0 Å². The van der Waals surface area contributed by atoms with Crippen LogP contribution in [0.2, 0.25) is 0 Å². The first-order valence-corrected chi connectivity index (χ1v) is 13.8. The fourth-order valence-electron chi connectivity index (χ4n) is 6.08. The van der Waals surface area contributed by atoms with E-state index in [1.165, 1.54) is 0 Å². The van der Waals surface area contributed by atoms with Crippen molar-refractivity contribution >= 4 is 11.1 Å². The lowest BCUT2D eigenvalue weighted by atomic mass is 9.82. The molecule has 0 spiro atoms. The molecule has 0 N–H and O–H groups in total. The number of hydrogen-bond acceptors (Lipinski definition) is 2. The Bertz CT molecular complexity index is 1920. The predicted octanol–water partition coefficient (Wildman–Crippen LogP) is 11.3. The van der Waals surface area contributed by atoms with Crippen molar-refractivity contribution < 1.29 is 74.6 Å². The van der Waals surface area contributed by atoms with E-state index in [4.69, 9.17) is 0 Å². The summed E-state index contributed by atoms with van der Waals surface area (Å²) < 4.78 is 245. The van der Waals surface area contributed by atoms with E-state index in [2.05, 4.69) is 9.97 Å². The molecule has 1 heterocycles. The van der Waals surface area contributed by atoms with Crippen molar-refractivity contribution in [2.45, 2.75) is 66.0 Å². The number of nitrogens with zero attached hydrogens (tertiary/aromatic N) is 2. The molecule has 1 saturated carbocycles. The molecule has 19 heteroatoms. The summed E-state index contributed by atoms with van der Waals surface area (Å²) >= 11 is 0. The highest BCUT2D eigenvalue weighted by molar-refractivity contribution is 5.93. The van der Waals surface area contributed by atoms with Gasteiger partial charge in [0.15, 0.2) is 57.9 Å². The fraction of sp³-hybridized carbons (Fsp3) is 0.355. The van der Waals surface area contributed by atoms with Crippen molar-refractivity contribution in [1.29, 1.82) is 0 Å². The van der Waals surface area contributed by atoms with E-state index in [1.807, 2.05) is 0 Å². The molecule has 3 aromatic rings. The predicted molar refractivity (Wildman–Crippen MR) is 141 cm³/mol. The van der Waals surface area contributed by atoms with Crippen molar-refractivity contribution in [3.63, 3.8) is 0 Å². The Morgan fingerprint density at radius 1 is 0.520 bits per heavy atom. The van der Waals surface area contributed by atoms with Gasteiger partial charge in [0.25, 0.3) is 0 Å². The van der Waals surface area contributed by atoms with Gasteiger partial charge in [-0.05, 0) is 50.0 Å². The van der Waals surface area contributed by atoms with Crippen LogP contribution in [-0.4, -0.2) is 9.97 Å². The summed E-state index contributed by atoms with van der Waals surface area (Å²) in [6, 6.07) is 0. The molecule has 4 rings (SSSR count). The minimum Gasteiger partial charge on any atom is -0.219 e. The molecule has 1 aliphatic carbocycles. The molecule has 0 aliphatic heterocycles. The second kappa shape index (κ2) is 12.0. The molecular weight excluding hydrogens is 723 g/mol. The Kier molecular flexibility index (Phi) is 9.23. The van der Waals surface area contributed by atoms with Gasteiger partial charge < -0.3 is 0 Å². The van der Waals surface area contributed by atoms with Gasteiger partial charge in [0.2, 0.25) is 5.82 Å². The summed E-state index contributed by atoms with van der Waals surface area (Å²) in [6.07, 6.45) is -18.2. The SMILES string of the molecule is CC(=C1/C(=C(\C)c2c(C(F)(F)F)nc(C(F)(F)F)nc2C(F)(F)F)C1(C)C(C)c1c(F)c(F)c(C)c(F)c1F)c1c(F)c(F)c(C)c(F)c1F. The largest absolute Gasteiger partial charge is 0.451 e. The van der Waals surface area contributed by atoms with Crippen LogP contribution in [0.4, 0.5) is 74.6 Å². The zero-order valence-electron chi connectivity index (χ0n) is 25.9. The van der Waals surface area contributed by atoms with Crippen LogP contribution in [0.1, 0.15) is 78.6 Å². The summed E-state index contributed by atoms with van der Waals surface area (Å²) in [5, 5.41) is 0. The minimum atomic E-state index is -6.10. The molecule has 0 radical (unpaired) electrons. The van der Waals surface area contributed by atoms with E-state index >= 15 is 17.6 Å². The van der Waals surface area contributed by atoms with E-state index in [0.29, 0.717) is 27.7 Å². The molecule has 1 fully saturated rings. The molecule has 2 atom stereocenters. The summed E-state index contributed by atoms with van der Waals surface area (Å²) in [5.74, 6) is -21.4. The second-order valence-corrected chi connectivity index (χ2v) is 11.6. The number of hydrogen-bond donors (Lipinski definition) is 0. The van der Waals surface area contributed by atoms with Crippen LogP contribution in [0.5, 0.6) is 0 Å². The minimum absolute atomic E-state index is 0.434. The first-order chi connectivity index (χ1) is 22.5. The average molecular weight is 742 g/mol. The van der Waals surface area contributed by atoms with Gasteiger partial charge in [-0.1, -0.05) is 13.8 Å². The highest BCUT2D eigenvalue weighted by atomic mass is 19.4. The number of alkyl halides is 9. The number of aromatic nitrogens is 2. The van der Waals surface area contributed by atoms with Crippen LogP contribution in [0.15, 0.2) is 11.1 Å². The van der Waals surface area contributed by atoms with Gasteiger partial charge >= 0.3 is 18.5 Å². The van der Waals surface area contributed by atoms with Crippen molar-refractivity contribution in [1.82, 2.24) is 9.97 Å². The normalized spacial score (nSPS) is 19.6. The van der Waals surface area contributed by atoms with Gasteiger partial charge in [0, 0.05) is 33.6 Å². The molecule has 1 aliphatic rings. The molecular formula is C31H19F17N2. The Morgan fingerprint density at radius 2 is 0.840 bits per heavy atom. The van der Waals surface area contributed by atoms with E-state index in [-0.39, 0.29) is 0 Å². The maximum Gasteiger partial charge on any atom is 0.451 e. The Morgan fingerprint density at radius 3 is 1.16 bits per heavy atom. The second-order valence-electron chi connectivity index (χ2n) is 11.6. The van der Waals surface area contributed by atoms with Gasteiger partial charge in [0.1, 0.15) is 0 Å². The van der Waals surface area contributed by atoms with E-state index in [1.54, 1.807) is 0 Å². The molecule has 0 amide bonds. The first-order valence-electron chi connectivity index (χ1n) is 13.8. The van der Waals surface area contributed by atoms with E-state index in [9.17, 15) is 57.1 Å². The van der Waals surface area contributed by atoms with Gasteiger partial charge in [-0.25, -0.2) is 45.1 Å². The fourth-order valence-corrected chi connectivity index (χ4v) is 6.08. The zero-order chi connectivity index (χ0) is 38.5.